The largest absolute Gasteiger partial charge is 0.323 e. The second-order valence-electron chi connectivity index (χ2n) is 5.40. The number of anilines is 3. The molecule has 2 aromatic carbocycles. The fourth-order valence-corrected chi connectivity index (χ4v) is 2.90. The van der Waals surface area contributed by atoms with Gasteiger partial charge in [-0.15, -0.1) is 11.8 Å². The van der Waals surface area contributed by atoms with Crippen molar-refractivity contribution in [1.29, 1.82) is 0 Å². The van der Waals surface area contributed by atoms with Crippen molar-refractivity contribution in [2.75, 3.05) is 16.1 Å². The smallest absolute Gasteiger partial charge is 0.308 e. The van der Waals surface area contributed by atoms with E-state index in [0.29, 0.717) is 23.0 Å². The van der Waals surface area contributed by atoms with Crippen molar-refractivity contribution in [2.45, 2.75) is 30.4 Å². The molecule has 4 N–H and O–H groups in total. The van der Waals surface area contributed by atoms with Crippen LogP contribution in [-0.2, 0) is 4.79 Å². The number of thioether (sulfide) groups is 1. The van der Waals surface area contributed by atoms with Crippen LogP contribution in [0.4, 0.5) is 21.9 Å². The first-order chi connectivity index (χ1) is 12.1. The third-order valence-electron chi connectivity index (χ3n) is 3.44. The Morgan fingerprint density at radius 3 is 2.04 bits per heavy atom. The maximum absolute atomic E-state index is 12.0. The van der Waals surface area contributed by atoms with Crippen LogP contribution in [0.25, 0.3) is 0 Å². The average Bonchev–Trinajstić information content (AvgIpc) is 2.62. The van der Waals surface area contributed by atoms with Crippen LogP contribution in [0.1, 0.15) is 20.3 Å². The van der Waals surface area contributed by atoms with Gasteiger partial charge in [0.05, 0.1) is 5.69 Å². The van der Waals surface area contributed by atoms with E-state index in [4.69, 9.17) is 0 Å². The highest BCUT2D eigenvalue weighted by Crippen LogP contribution is 2.26. The van der Waals surface area contributed by atoms with Crippen molar-refractivity contribution in [1.82, 2.24) is 5.43 Å². The van der Waals surface area contributed by atoms with Gasteiger partial charge in [0.1, 0.15) is 0 Å². The quantitative estimate of drug-likeness (QED) is 0.322. The Morgan fingerprint density at radius 1 is 1.00 bits per heavy atom. The molecule has 0 aliphatic heterocycles. The van der Waals surface area contributed by atoms with Crippen LogP contribution in [0.3, 0.4) is 0 Å². The minimum Gasteiger partial charge on any atom is -0.308 e. The van der Waals surface area contributed by atoms with Gasteiger partial charge in [0.25, 0.3) is 0 Å². The van der Waals surface area contributed by atoms with E-state index in [1.54, 1.807) is 24.3 Å². The fourth-order valence-electron chi connectivity index (χ4n) is 1.98. The van der Waals surface area contributed by atoms with Gasteiger partial charge in [0, 0.05) is 21.5 Å². The molecular weight excluding hydrogens is 336 g/mol. The molecule has 25 heavy (non-hydrogen) atoms. The summed E-state index contributed by atoms with van der Waals surface area (Å²) in [6.45, 7) is 4.36. The average molecular weight is 358 g/mol. The van der Waals surface area contributed by atoms with E-state index in [1.807, 2.05) is 36.0 Å². The normalized spacial score (nSPS) is 11.3. The number of benzene rings is 2. The zero-order chi connectivity index (χ0) is 18.1. The number of hydrogen-bond donors (Lipinski definition) is 4. The van der Waals surface area contributed by atoms with Crippen LogP contribution in [-0.4, -0.2) is 17.7 Å². The Morgan fingerprint density at radius 2 is 1.52 bits per heavy atom. The third kappa shape index (κ3) is 6.39. The minimum absolute atomic E-state index is 0.311. The Labute approximate surface area is 151 Å². The summed E-state index contributed by atoms with van der Waals surface area (Å²) in [7, 11) is 0. The minimum atomic E-state index is -0.311. The van der Waals surface area contributed by atoms with Gasteiger partial charge in [-0.1, -0.05) is 13.8 Å². The second kappa shape index (κ2) is 9.58. The molecule has 0 spiro atoms. The lowest BCUT2D eigenvalue weighted by Gasteiger charge is -2.11. The molecule has 7 heteroatoms. The van der Waals surface area contributed by atoms with Crippen LogP contribution in [0.5, 0.6) is 0 Å². The monoisotopic (exact) mass is 358 g/mol. The van der Waals surface area contributed by atoms with Gasteiger partial charge in [-0.3, -0.25) is 15.6 Å². The lowest BCUT2D eigenvalue weighted by atomic mass is 10.3. The highest BCUT2D eigenvalue weighted by molar-refractivity contribution is 7.99. The molecule has 2 rings (SSSR count). The summed E-state index contributed by atoms with van der Waals surface area (Å²) in [5, 5.41) is 6.13. The summed E-state index contributed by atoms with van der Waals surface area (Å²) >= 11 is 1.82. The first-order valence-electron chi connectivity index (χ1n) is 8.00. The second-order valence-corrected chi connectivity index (χ2v) is 6.92. The van der Waals surface area contributed by atoms with Crippen molar-refractivity contribution in [3.63, 3.8) is 0 Å². The molecule has 132 valence electrons. The van der Waals surface area contributed by atoms with Crippen molar-refractivity contribution >= 4 is 41.3 Å². The standard InChI is InChI=1S/C18H22N4O2S/c1-3-13(2)25-17-10-8-15(9-11-17)21-18(24)20-14-4-6-16(7-5-14)22-19-12-23/h4-13,22H,3H2,1-2H3,(H,19,23)(H2,20,21,24). The van der Waals surface area contributed by atoms with Crippen molar-refractivity contribution in [3.8, 4) is 0 Å². The van der Waals surface area contributed by atoms with Crippen LogP contribution in [0.15, 0.2) is 53.4 Å². The maximum Gasteiger partial charge on any atom is 0.323 e. The number of hydrazine groups is 1. The summed E-state index contributed by atoms with van der Waals surface area (Å²) < 4.78 is 0. The maximum atomic E-state index is 12.0. The van der Waals surface area contributed by atoms with Gasteiger partial charge in [0.2, 0.25) is 6.41 Å². The highest BCUT2D eigenvalue weighted by Gasteiger charge is 2.05. The molecule has 0 aliphatic rings. The first kappa shape index (κ1) is 18.7. The van der Waals surface area contributed by atoms with E-state index < -0.39 is 0 Å². The van der Waals surface area contributed by atoms with Crippen molar-refractivity contribution in [2.24, 2.45) is 0 Å². The molecule has 0 radical (unpaired) electrons. The molecular formula is C18H22N4O2S. The number of rotatable bonds is 8. The molecule has 3 amide bonds. The van der Waals surface area contributed by atoms with Crippen LogP contribution < -0.4 is 21.5 Å². The van der Waals surface area contributed by atoms with E-state index in [2.05, 4.69) is 35.3 Å². The molecule has 0 bridgehead atoms. The van der Waals surface area contributed by atoms with E-state index in [9.17, 15) is 9.59 Å². The number of hydrogen-bond acceptors (Lipinski definition) is 4. The van der Waals surface area contributed by atoms with Gasteiger partial charge in [0.15, 0.2) is 0 Å². The Kier molecular flexibility index (Phi) is 7.16. The summed E-state index contributed by atoms with van der Waals surface area (Å²) in [5.74, 6) is 0. The number of amides is 3. The molecule has 0 fully saturated rings. The van der Waals surface area contributed by atoms with Crippen LogP contribution >= 0.6 is 11.8 Å². The van der Waals surface area contributed by atoms with E-state index in [-0.39, 0.29) is 6.03 Å². The van der Waals surface area contributed by atoms with Crippen molar-refractivity contribution < 1.29 is 9.59 Å². The summed E-state index contributed by atoms with van der Waals surface area (Å²) in [5.41, 5.74) is 7.14. The third-order valence-corrected chi connectivity index (χ3v) is 4.72. The lowest BCUT2D eigenvalue weighted by molar-refractivity contribution is -0.109. The molecule has 0 aromatic heterocycles. The Balaban J connectivity index is 1.86. The molecule has 1 atom stereocenters. The van der Waals surface area contributed by atoms with Gasteiger partial charge < -0.3 is 10.6 Å². The predicted molar refractivity (Wildman–Crippen MR) is 104 cm³/mol. The molecule has 1 unspecified atom stereocenters. The molecule has 2 aromatic rings. The zero-order valence-electron chi connectivity index (χ0n) is 14.2. The first-order valence-corrected chi connectivity index (χ1v) is 8.88. The Bertz CT molecular complexity index is 689. The lowest BCUT2D eigenvalue weighted by Crippen LogP contribution is -2.20. The molecule has 0 heterocycles. The number of carbonyl (C=O) groups is 2. The van der Waals surface area contributed by atoms with E-state index >= 15 is 0 Å². The predicted octanol–water partition coefficient (Wildman–Crippen LogP) is 4.29. The van der Waals surface area contributed by atoms with Crippen molar-refractivity contribution in [3.05, 3.63) is 48.5 Å². The zero-order valence-corrected chi connectivity index (χ0v) is 15.0. The van der Waals surface area contributed by atoms with Crippen LogP contribution in [0, 0.1) is 0 Å². The number of urea groups is 1. The van der Waals surface area contributed by atoms with E-state index in [0.717, 1.165) is 12.1 Å². The molecule has 0 saturated carbocycles. The van der Waals surface area contributed by atoms with Gasteiger partial charge in [-0.2, -0.15) is 0 Å². The molecule has 0 saturated heterocycles. The summed E-state index contributed by atoms with van der Waals surface area (Å²) in [6, 6.07) is 14.4. The van der Waals surface area contributed by atoms with Gasteiger partial charge in [-0.25, -0.2) is 4.79 Å². The molecule has 0 aliphatic carbocycles. The van der Waals surface area contributed by atoms with Gasteiger partial charge >= 0.3 is 6.03 Å². The molecule has 6 nitrogen and oxygen atoms in total. The topological polar surface area (TPSA) is 82.3 Å². The van der Waals surface area contributed by atoms with Crippen LogP contribution in [0.2, 0.25) is 0 Å². The highest BCUT2D eigenvalue weighted by atomic mass is 32.2. The van der Waals surface area contributed by atoms with Gasteiger partial charge in [-0.05, 0) is 55.0 Å². The Hall–Kier alpha value is -2.67. The number of nitrogens with one attached hydrogen (secondary N) is 4. The number of carbonyl (C=O) groups excluding carboxylic acids is 2. The van der Waals surface area contributed by atoms with E-state index in [1.165, 1.54) is 4.90 Å². The summed E-state index contributed by atoms with van der Waals surface area (Å²) in [6.07, 6.45) is 1.67. The fraction of sp³-hybridized carbons (Fsp3) is 0.222. The SMILES string of the molecule is CCC(C)Sc1ccc(NC(=O)Nc2ccc(NNC=O)cc2)cc1. The summed E-state index contributed by atoms with van der Waals surface area (Å²) in [4.78, 5) is 23.4.